The maximum absolute atomic E-state index is 13.0. The monoisotopic (exact) mass is 404 g/mol. The van der Waals surface area contributed by atoms with E-state index in [1.54, 1.807) is 12.4 Å². The number of pyridine rings is 2. The van der Waals surface area contributed by atoms with Crippen LogP contribution in [0.4, 0.5) is 5.82 Å². The number of rotatable bonds is 5. The molecule has 0 radical (unpaired) electrons. The molecule has 1 aliphatic rings. The normalized spacial score (nSPS) is 14.7. The van der Waals surface area contributed by atoms with E-state index in [4.69, 9.17) is 0 Å². The van der Waals surface area contributed by atoms with Crippen molar-refractivity contribution in [3.8, 4) is 5.69 Å². The van der Waals surface area contributed by atoms with Gasteiger partial charge in [0.1, 0.15) is 5.82 Å². The highest BCUT2D eigenvalue weighted by molar-refractivity contribution is 5.96. The van der Waals surface area contributed by atoms with Gasteiger partial charge in [-0.25, -0.2) is 4.98 Å². The van der Waals surface area contributed by atoms with Crippen molar-refractivity contribution in [2.45, 2.75) is 20.4 Å². The molecule has 1 amide bonds. The minimum absolute atomic E-state index is 0.0774. The molecule has 0 atom stereocenters. The lowest BCUT2D eigenvalue weighted by atomic mass is 10.2. The van der Waals surface area contributed by atoms with Crippen molar-refractivity contribution in [2.75, 3.05) is 38.1 Å². The van der Waals surface area contributed by atoms with Crippen molar-refractivity contribution in [3.05, 3.63) is 71.4 Å². The van der Waals surface area contributed by atoms with Gasteiger partial charge in [0.2, 0.25) is 0 Å². The molecule has 0 unspecified atom stereocenters. The van der Waals surface area contributed by atoms with Crippen molar-refractivity contribution in [3.63, 3.8) is 0 Å². The Morgan fingerprint density at radius 3 is 2.60 bits per heavy atom. The molecule has 0 saturated carbocycles. The van der Waals surface area contributed by atoms with Gasteiger partial charge in [0.15, 0.2) is 0 Å². The zero-order valence-electron chi connectivity index (χ0n) is 17.8. The van der Waals surface area contributed by atoms with E-state index in [0.717, 1.165) is 54.6 Å². The first-order chi connectivity index (χ1) is 14.5. The number of anilines is 1. The number of aromatic nitrogens is 3. The lowest BCUT2D eigenvalue weighted by Crippen LogP contribution is -2.45. The highest BCUT2D eigenvalue weighted by atomic mass is 16.1. The first-order valence-electron chi connectivity index (χ1n) is 10.3. The van der Waals surface area contributed by atoms with Crippen molar-refractivity contribution in [1.82, 2.24) is 24.8 Å². The van der Waals surface area contributed by atoms with Gasteiger partial charge in [0.05, 0.1) is 17.4 Å². The summed E-state index contributed by atoms with van der Waals surface area (Å²) in [6.07, 6.45) is 5.37. The number of nitrogens with zero attached hydrogens (tertiary/aromatic N) is 5. The second kappa shape index (κ2) is 8.67. The summed E-state index contributed by atoms with van der Waals surface area (Å²) in [6, 6.07) is 9.79. The average molecular weight is 405 g/mol. The number of piperazine rings is 1. The molecule has 7 nitrogen and oxygen atoms in total. The van der Waals surface area contributed by atoms with Gasteiger partial charge < -0.3 is 19.7 Å². The standard InChI is InChI=1S/C23H28N6O/c1-17-14-21(18(2)29(17)20-7-5-8-24-16-20)23(30)26-15-19-6-4-9-25-22(19)28-12-10-27(3)11-13-28/h4-9,14,16H,10-13,15H2,1-3H3,(H,26,30). The quantitative estimate of drug-likeness (QED) is 0.708. The van der Waals surface area contributed by atoms with Crippen LogP contribution < -0.4 is 10.2 Å². The van der Waals surface area contributed by atoms with E-state index in [-0.39, 0.29) is 5.91 Å². The molecule has 0 aliphatic carbocycles. The number of carbonyl (C=O) groups is 1. The lowest BCUT2D eigenvalue weighted by molar-refractivity contribution is 0.0950. The Balaban J connectivity index is 1.50. The molecule has 156 valence electrons. The first kappa shape index (κ1) is 20.1. The van der Waals surface area contributed by atoms with Crippen molar-refractivity contribution in [2.24, 2.45) is 0 Å². The van der Waals surface area contributed by atoms with Crippen LogP contribution in [-0.2, 0) is 6.54 Å². The van der Waals surface area contributed by atoms with Gasteiger partial charge in [-0.2, -0.15) is 0 Å². The number of hydrogen-bond acceptors (Lipinski definition) is 5. The van der Waals surface area contributed by atoms with Crippen molar-refractivity contribution in [1.29, 1.82) is 0 Å². The maximum atomic E-state index is 13.0. The fourth-order valence-corrected chi connectivity index (χ4v) is 4.02. The Morgan fingerprint density at radius 2 is 1.87 bits per heavy atom. The predicted molar refractivity (Wildman–Crippen MR) is 118 cm³/mol. The molecule has 1 fully saturated rings. The topological polar surface area (TPSA) is 66.3 Å². The number of hydrogen-bond donors (Lipinski definition) is 1. The Bertz CT molecular complexity index is 1020. The molecule has 4 rings (SSSR count). The lowest BCUT2D eigenvalue weighted by Gasteiger charge is -2.34. The predicted octanol–water partition coefficient (Wildman–Crippen LogP) is 2.57. The highest BCUT2D eigenvalue weighted by Gasteiger charge is 2.20. The molecule has 30 heavy (non-hydrogen) atoms. The first-order valence-corrected chi connectivity index (χ1v) is 10.3. The zero-order valence-corrected chi connectivity index (χ0v) is 17.8. The Kier molecular flexibility index (Phi) is 5.81. The second-order valence-corrected chi connectivity index (χ2v) is 7.79. The zero-order chi connectivity index (χ0) is 21.1. The molecule has 1 aliphatic heterocycles. The third-order valence-corrected chi connectivity index (χ3v) is 5.69. The Hall–Kier alpha value is -3.19. The van der Waals surface area contributed by atoms with Gasteiger partial charge in [-0.05, 0) is 45.2 Å². The van der Waals surface area contributed by atoms with Crippen LogP contribution in [0.3, 0.4) is 0 Å². The summed E-state index contributed by atoms with van der Waals surface area (Å²) in [7, 11) is 2.14. The highest BCUT2D eigenvalue weighted by Crippen LogP contribution is 2.22. The fraction of sp³-hybridized carbons (Fsp3) is 0.348. The fourth-order valence-electron chi connectivity index (χ4n) is 4.02. The van der Waals surface area contributed by atoms with E-state index >= 15 is 0 Å². The number of nitrogens with one attached hydrogen (secondary N) is 1. The molecule has 7 heteroatoms. The molecule has 0 bridgehead atoms. The van der Waals surface area contributed by atoms with Crippen LogP contribution in [0.5, 0.6) is 0 Å². The van der Waals surface area contributed by atoms with Crippen LogP contribution in [0, 0.1) is 13.8 Å². The third-order valence-electron chi connectivity index (χ3n) is 5.69. The minimum atomic E-state index is -0.0774. The van der Waals surface area contributed by atoms with Crippen molar-refractivity contribution >= 4 is 11.7 Å². The average Bonchev–Trinajstić information content (AvgIpc) is 3.07. The molecular formula is C23H28N6O. The molecule has 3 aromatic rings. The molecule has 3 aromatic heterocycles. The van der Waals surface area contributed by atoms with Gasteiger partial charge in [-0.1, -0.05) is 6.07 Å². The van der Waals surface area contributed by atoms with Gasteiger partial charge in [0, 0.05) is 62.1 Å². The van der Waals surface area contributed by atoms with Crippen LogP contribution in [0.1, 0.15) is 27.3 Å². The molecule has 1 saturated heterocycles. The number of likely N-dealkylation sites (N-methyl/N-ethyl adjacent to an activating group) is 1. The summed E-state index contributed by atoms with van der Waals surface area (Å²) in [5.74, 6) is 0.887. The summed E-state index contributed by atoms with van der Waals surface area (Å²) in [6.45, 7) is 8.34. The van der Waals surface area contributed by atoms with Crippen molar-refractivity contribution < 1.29 is 4.79 Å². The van der Waals surface area contributed by atoms with Gasteiger partial charge in [0.25, 0.3) is 5.91 Å². The molecule has 0 spiro atoms. The summed E-state index contributed by atoms with van der Waals surface area (Å²) >= 11 is 0. The number of aryl methyl sites for hydroxylation is 1. The van der Waals surface area contributed by atoms with E-state index in [1.807, 2.05) is 50.4 Å². The van der Waals surface area contributed by atoms with Gasteiger partial charge in [-0.15, -0.1) is 0 Å². The maximum Gasteiger partial charge on any atom is 0.253 e. The Morgan fingerprint density at radius 1 is 1.10 bits per heavy atom. The SMILES string of the molecule is Cc1cc(C(=O)NCc2cccnc2N2CCN(C)CC2)c(C)n1-c1cccnc1. The van der Waals surface area contributed by atoms with Crippen LogP contribution in [0.2, 0.25) is 0 Å². The molecule has 1 N–H and O–H groups in total. The third kappa shape index (κ3) is 4.07. The van der Waals surface area contributed by atoms with E-state index < -0.39 is 0 Å². The summed E-state index contributed by atoms with van der Waals surface area (Å²) in [5.41, 5.74) is 4.59. The molecule has 4 heterocycles. The van der Waals surface area contributed by atoms with Gasteiger partial charge >= 0.3 is 0 Å². The number of amides is 1. The Labute approximate surface area is 177 Å². The second-order valence-electron chi connectivity index (χ2n) is 7.79. The summed E-state index contributed by atoms with van der Waals surface area (Å²) in [5, 5.41) is 3.09. The van der Waals surface area contributed by atoms with Gasteiger partial charge in [-0.3, -0.25) is 9.78 Å². The minimum Gasteiger partial charge on any atom is -0.354 e. The van der Waals surface area contributed by atoms with Crippen LogP contribution in [0.15, 0.2) is 48.9 Å². The van der Waals surface area contributed by atoms with Crippen LogP contribution in [-0.4, -0.2) is 58.6 Å². The van der Waals surface area contributed by atoms with Crippen LogP contribution in [0.25, 0.3) is 5.69 Å². The van der Waals surface area contributed by atoms with Crippen LogP contribution >= 0.6 is 0 Å². The van der Waals surface area contributed by atoms with E-state index in [1.165, 1.54) is 0 Å². The smallest absolute Gasteiger partial charge is 0.253 e. The van der Waals surface area contributed by atoms with E-state index in [0.29, 0.717) is 12.1 Å². The summed E-state index contributed by atoms with van der Waals surface area (Å²) < 4.78 is 2.06. The van der Waals surface area contributed by atoms with E-state index in [2.05, 4.69) is 36.7 Å². The molecular weight excluding hydrogens is 376 g/mol. The summed E-state index contributed by atoms with van der Waals surface area (Å²) in [4.78, 5) is 26.4. The molecule has 0 aromatic carbocycles. The number of carbonyl (C=O) groups excluding carboxylic acids is 1. The largest absolute Gasteiger partial charge is 0.354 e. The van der Waals surface area contributed by atoms with E-state index in [9.17, 15) is 4.79 Å².